The maximum absolute atomic E-state index is 12.8. The summed E-state index contributed by atoms with van der Waals surface area (Å²) in [5.41, 5.74) is 6.01. The maximum Gasteiger partial charge on any atom is 0.419 e. The van der Waals surface area contributed by atoms with Crippen LogP contribution in [-0.4, -0.2) is 77.4 Å². The zero-order valence-electron chi connectivity index (χ0n) is 20.1. The van der Waals surface area contributed by atoms with Gasteiger partial charge in [0, 0.05) is 63.7 Å². The van der Waals surface area contributed by atoms with Gasteiger partial charge in [0.2, 0.25) is 17.8 Å². The number of amides is 2. The van der Waals surface area contributed by atoms with Gasteiger partial charge < -0.3 is 20.4 Å². The highest BCUT2D eigenvalue weighted by Gasteiger charge is 2.32. The number of rotatable bonds is 8. The van der Waals surface area contributed by atoms with Crippen molar-refractivity contribution >= 4 is 17.8 Å². The van der Waals surface area contributed by atoms with Crippen LogP contribution in [0, 0.1) is 5.92 Å². The summed E-state index contributed by atoms with van der Waals surface area (Å²) in [6.07, 6.45) is 1.86. The Bertz CT molecular complexity index is 940. The van der Waals surface area contributed by atoms with Gasteiger partial charge in [-0.05, 0) is 31.7 Å². The third kappa shape index (κ3) is 7.27. The summed E-state index contributed by atoms with van der Waals surface area (Å²) in [4.78, 5) is 37.8. The van der Waals surface area contributed by atoms with Crippen LogP contribution in [0.3, 0.4) is 0 Å². The second-order valence-electron chi connectivity index (χ2n) is 8.99. The molecule has 11 heteroatoms. The monoisotopic (exact) mass is 494 g/mol. The normalized spacial score (nSPS) is 20.1. The van der Waals surface area contributed by atoms with Gasteiger partial charge in [0.05, 0.1) is 5.56 Å². The van der Waals surface area contributed by atoms with E-state index in [2.05, 4.69) is 21.4 Å². The lowest BCUT2D eigenvalue weighted by molar-refractivity contribution is -0.138. The van der Waals surface area contributed by atoms with Gasteiger partial charge >= 0.3 is 6.18 Å². The molecule has 1 unspecified atom stereocenters. The third-order valence-corrected chi connectivity index (χ3v) is 6.61. The zero-order valence-corrected chi connectivity index (χ0v) is 20.1. The van der Waals surface area contributed by atoms with Crippen LogP contribution in [0.2, 0.25) is 0 Å². The number of hydrogen-bond acceptors (Lipinski definition) is 6. The van der Waals surface area contributed by atoms with Crippen molar-refractivity contribution < 1.29 is 22.8 Å². The number of aromatic nitrogens is 2. The number of primary amides is 1. The summed E-state index contributed by atoms with van der Waals surface area (Å²) in [5, 5.41) is 0. The number of alkyl halides is 3. The van der Waals surface area contributed by atoms with Crippen molar-refractivity contribution in [1.82, 2.24) is 19.8 Å². The lowest BCUT2D eigenvalue weighted by Crippen LogP contribution is -2.50. The lowest BCUT2D eigenvalue weighted by atomic mass is 9.89. The Labute approximate surface area is 203 Å². The van der Waals surface area contributed by atoms with Crippen molar-refractivity contribution in [3.05, 3.63) is 41.8 Å². The fraction of sp³-hybridized carbons (Fsp3) is 0.583. The molecule has 0 spiro atoms. The van der Waals surface area contributed by atoms with Gasteiger partial charge in [0.15, 0.2) is 0 Å². The molecule has 2 N–H and O–H groups in total. The van der Waals surface area contributed by atoms with Crippen LogP contribution in [0.4, 0.5) is 19.1 Å². The molecule has 2 aliphatic heterocycles. The highest BCUT2D eigenvalue weighted by atomic mass is 19.4. The number of piperidine rings is 1. The van der Waals surface area contributed by atoms with Crippen molar-refractivity contribution in [3.63, 3.8) is 0 Å². The summed E-state index contributed by atoms with van der Waals surface area (Å²) in [5.74, 6) is 0.103. The standard InChI is InChI=1S/C24H33F3N6O2/c1-3-18(22(28)35)13-17(2)19-5-4-7-31(16-19)8-6-21(34)32-9-11-33(12-10-32)23-29-14-20(15-30-23)24(25,26)27/h13-15,19H,2-12,16H2,1H3,(H2,28,35)/b18-13-. The van der Waals surface area contributed by atoms with Crippen LogP contribution >= 0.6 is 0 Å². The molecule has 0 aliphatic carbocycles. The van der Waals surface area contributed by atoms with E-state index in [1.54, 1.807) is 9.80 Å². The number of halogens is 3. The average molecular weight is 495 g/mol. The predicted molar refractivity (Wildman–Crippen MR) is 126 cm³/mol. The number of carbonyl (C=O) groups is 2. The van der Waals surface area contributed by atoms with Crippen molar-refractivity contribution in [2.45, 2.75) is 38.8 Å². The van der Waals surface area contributed by atoms with E-state index >= 15 is 0 Å². The van der Waals surface area contributed by atoms with Gasteiger partial charge in [-0.1, -0.05) is 25.2 Å². The fourth-order valence-electron chi connectivity index (χ4n) is 4.45. The second-order valence-corrected chi connectivity index (χ2v) is 8.99. The van der Waals surface area contributed by atoms with Gasteiger partial charge in [-0.25, -0.2) is 9.97 Å². The van der Waals surface area contributed by atoms with Gasteiger partial charge in [-0.15, -0.1) is 0 Å². The van der Waals surface area contributed by atoms with E-state index in [1.807, 2.05) is 13.0 Å². The van der Waals surface area contributed by atoms with Crippen molar-refractivity contribution in [2.75, 3.05) is 50.7 Å². The fourth-order valence-corrected chi connectivity index (χ4v) is 4.45. The van der Waals surface area contributed by atoms with E-state index in [0.717, 1.165) is 43.9 Å². The summed E-state index contributed by atoms with van der Waals surface area (Å²) in [6.45, 7) is 10.3. The molecule has 192 valence electrons. The summed E-state index contributed by atoms with van der Waals surface area (Å²) < 4.78 is 38.1. The van der Waals surface area contributed by atoms with Crippen LogP contribution in [-0.2, 0) is 15.8 Å². The van der Waals surface area contributed by atoms with Gasteiger partial charge in [-0.2, -0.15) is 13.2 Å². The van der Waals surface area contributed by atoms with Crippen molar-refractivity contribution in [3.8, 4) is 0 Å². The molecule has 0 aromatic carbocycles. The summed E-state index contributed by atoms with van der Waals surface area (Å²) in [6, 6.07) is 0. The van der Waals surface area contributed by atoms with Crippen LogP contribution in [0.5, 0.6) is 0 Å². The number of hydrogen-bond donors (Lipinski definition) is 1. The molecular weight excluding hydrogens is 461 g/mol. The van der Waals surface area contributed by atoms with Crippen LogP contribution in [0.25, 0.3) is 0 Å². The van der Waals surface area contributed by atoms with E-state index < -0.39 is 17.6 Å². The Morgan fingerprint density at radius 2 is 1.83 bits per heavy atom. The molecule has 35 heavy (non-hydrogen) atoms. The van der Waals surface area contributed by atoms with E-state index in [9.17, 15) is 22.8 Å². The van der Waals surface area contributed by atoms with Gasteiger partial charge in [0.1, 0.15) is 0 Å². The minimum atomic E-state index is -4.47. The highest BCUT2D eigenvalue weighted by molar-refractivity contribution is 5.92. The maximum atomic E-state index is 12.8. The lowest BCUT2D eigenvalue weighted by Gasteiger charge is -2.36. The van der Waals surface area contributed by atoms with E-state index in [-0.39, 0.29) is 17.8 Å². The Hall–Kier alpha value is -2.95. The highest BCUT2D eigenvalue weighted by Crippen LogP contribution is 2.28. The van der Waals surface area contributed by atoms with Crippen molar-refractivity contribution in [2.24, 2.45) is 11.7 Å². The zero-order chi connectivity index (χ0) is 25.6. The first kappa shape index (κ1) is 26.7. The molecule has 2 aliphatic rings. The molecule has 2 fully saturated rings. The molecule has 1 aromatic heterocycles. The van der Waals surface area contributed by atoms with E-state index in [1.165, 1.54) is 0 Å². The molecule has 1 atom stereocenters. The number of likely N-dealkylation sites (tertiary alicyclic amines) is 1. The molecule has 8 nitrogen and oxygen atoms in total. The minimum Gasteiger partial charge on any atom is -0.366 e. The Morgan fingerprint density at radius 3 is 2.40 bits per heavy atom. The number of allylic oxidation sites excluding steroid dienone is 1. The van der Waals surface area contributed by atoms with Crippen molar-refractivity contribution in [1.29, 1.82) is 0 Å². The molecule has 0 bridgehead atoms. The van der Waals surface area contributed by atoms with Gasteiger partial charge in [-0.3, -0.25) is 9.59 Å². The largest absolute Gasteiger partial charge is 0.419 e. The summed E-state index contributed by atoms with van der Waals surface area (Å²) in [7, 11) is 0. The molecule has 2 amide bonds. The molecule has 0 saturated carbocycles. The Morgan fingerprint density at radius 1 is 1.17 bits per heavy atom. The molecule has 1 aromatic rings. The Balaban J connectivity index is 1.45. The third-order valence-electron chi connectivity index (χ3n) is 6.61. The van der Waals surface area contributed by atoms with E-state index in [0.29, 0.717) is 51.1 Å². The topological polar surface area (TPSA) is 95.7 Å². The smallest absolute Gasteiger partial charge is 0.366 e. The minimum absolute atomic E-state index is 0.0563. The first-order valence-corrected chi connectivity index (χ1v) is 11.9. The first-order chi connectivity index (χ1) is 16.6. The quantitative estimate of drug-likeness (QED) is 0.441. The average Bonchev–Trinajstić information content (AvgIpc) is 2.85. The number of nitrogens with zero attached hydrogens (tertiary/aromatic N) is 5. The number of piperazine rings is 1. The first-order valence-electron chi connectivity index (χ1n) is 11.9. The molecule has 0 radical (unpaired) electrons. The number of carbonyl (C=O) groups excluding carboxylic acids is 2. The SMILES string of the molecule is C=C(/C=C(/CC)C(N)=O)C1CCCN(CCC(=O)N2CCN(c3ncc(C(F)(F)F)cn3)CC2)C1. The van der Waals surface area contributed by atoms with E-state index in [4.69, 9.17) is 5.73 Å². The van der Waals surface area contributed by atoms with Gasteiger partial charge in [0.25, 0.3) is 0 Å². The molecule has 2 saturated heterocycles. The molecule has 3 heterocycles. The molecule has 3 rings (SSSR count). The molecular formula is C24H33F3N6O2. The van der Waals surface area contributed by atoms with Crippen LogP contribution in [0.15, 0.2) is 36.2 Å². The van der Waals surface area contributed by atoms with Crippen LogP contribution in [0.1, 0.15) is 38.2 Å². The predicted octanol–water partition coefficient (Wildman–Crippen LogP) is 2.62. The second kappa shape index (κ2) is 11.7. The summed E-state index contributed by atoms with van der Waals surface area (Å²) >= 11 is 0. The Kier molecular flexibility index (Phi) is 8.87. The number of nitrogens with two attached hydrogens (primary N) is 1. The number of anilines is 1. The van der Waals surface area contributed by atoms with Crippen LogP contribution < -0.4 is 10.6 Å².